The first-order chi connectivity index (χ1) is 15.9. The second-order valence-corrected chi connectivity index (χ2v) is 7.52. The Balaban J connectivity index is 1.73. The van der Waals surface area contributed by atoms with Crippen molar-refractivity contribution in [1.82, 2.24) is 0 Å². The molecule has 2 aromatic carbocycles. The Kier molecular flexibility index (Phi) is 6.54. The van der Waals surface area contributed by atoms with Gasteiger partial charge in [0.15, 0.2) is 5.43 Å². The first-order valence-electron chi connectivity index (χ1n) is 10.1. The van der Waals surface area contributed by atoms with Crippen molar-refractivity contribution in [3.63, 3.8) is 0 Å². The Morgan fingerprint density at radius 3 is 2.27 bits per heavy atom. The van der Waals surface area contributed by atoms with E-state index in [1.165, 1.54) is 25.3 Å². The molecule has 33 heavy (non-hydrogen) atoms. The van der Waals surface area contributed by atoms with E-state index in [0.29, 0.717) is 17.1 Å². The van der Waals surface area contributed by atoms with E-state index in [-0.39, 0.29) is 27.9 Å². The highest BCUT2D eigenvalue weighted by atomic mass is 16.7. The number of benzene rings is 2. The van der Waals surface area contributed by atoms with Gasteiger partial charge in [0.05, 0.1) is 20.8 Å². The van der Waals surface area contributed by atoms with Gasteiger partial charge in [-0.1, -0.05) is 0 Å². The maximum atomic E-state index is 12.8. The van der Waals surface area contributed by atoms with Crippen molar-refractivity contribution in [2.45, 2.75) is 30.7 Å². The molecule has 0 amide bonds. The second-order valence-electron chi connectivity index (χ2n) is 7.52. The molecule has 0 spiro atoms. The lowest BCUT2D eigenvalue weighted by atomic mass is 9.99. The van der Waals surface area contributed by atoms with Gasteiger partial charge in [0.2, 0.25) is 6.29 Å². The molecule has 0 radical (unpaired) electrons. The molecule has 1 fully saturated rings. The Labute approximate surface area is 188 Å². The van der Waals surface area contributed by atoms with Crippen LogP contribution in [0.5, 0.6) is 17.2 Å². The predicted octanol–water partition coefficient (Wildman–Crippen LogP) is 0.656. The van der Waals surface area contributed by atoms with Gasteiger partial charge in [-0.2, -0.15) is 0 Å². The first-order valence-corrected chi connectivity index (χ1v) is 10.1. The van der Waals surface area contributed by atoms with Crippen LogP contribution in [0.4, 0.5) is 0 Å². The number of hydrogen-bond acceptors (Lipinski definition) is 10. The van der Waals surface area contributed by atoms with Crippen LogP contribution in [0.25, 0.3) is 22.3 Å². The molecule has 3 aromatic rings. The van der Waals surface area contributed by atoms with E-state index >= 15 is 0 Å². The number of hydrogen-bond donors (Lipinski definition) is 4. The summed E-state index contributed by atoms with van der Waals surface area (Å²) in [5.74, 6) is 1.24. The van der Waals surface area contributed by atoms with Crippen molar-refractivity contribution in [3.8, 4) is 28.6 Å². The average Bonchev–Trinajstić information content (AvgIpc) is 2.83. The molecule has 5 atom stereocenters. The minimum Gasteiger partial charge on any atom is -0.497 e. The Morgan fingerprint density at radius 2 is 1.64 bits per heavy atom. The number of methoxy groups -OCH3 is 2. The van der Waals surface area contributed by atoms with Gasteiger partial charge < -0.3 is 43.8 Å². The van der Waals surface area contributed by atoms with E-state index in [1.807, 2.05) is 0 Å². The van der Waals surface area contributed by atoms with Crippen LogP contribution in [0, 0.1) is 0 Å². The summed E-state index contributed by atoms with van der Waals surface area (Å²) < 4.78 is 27.5. The second kappa shape index (κ2) is 9.38. The van der Waals surface area contributed by atoms with Gasteiger partial charge >= 0.3 is 0 Å². The standard InChI is InChI=1S/C23H24O10/c1-29-12-5-3-11(4-6-12)15-9-14(25)19-16(30-2)7-13(8-17(19)32-15)31-23-22(28)21(27)20(26)18(10-24)33-23/h3-9,18,20-24,26-28H,10H2,1-2H3. The number of aliphatic hydroxyl groups excluding tert-OH is 4. The third kappa shape index (κ3) is 4.39. The third-order valence-corrected chi connectivity index (χ3v) is 5.46. The van der Waals surface area contributed by atoms with Gasteiger partial charge in [-0.15, -0.1) is 0 Å². The topological polar surface area (TPSA) is 148 Å². The molecule has 0 saturated carbocycles. The molecule has 0 aliphatic carbocycles. The molecule has 2 heterocycles. The molecule has 1 aliphatic rings. The molecule has 176 valence electrons. The summed E-state index contributed by atoms with van der Waals surface area (Å²) in [5, 5.41) is 39.7. The predicted molar refractivity (Wildman–Crippen MR) is 115 cm³/mol. The molecule has 5 unspecified atom stereocenters. The van der Waals surface area contributed by atoms with Gasteiger partial charge in [0, 0.05) is 23.8 Å². The van der Waals surface area contributed by atoms with E-state index in [4.69, 9.17) is 23.4 Å². The Hall–Kier alpha value is -3.15. The lowest BCUT2D eigenvalue weighted by Crippen LogP contribution is -2.60. The fourth-order valence-corrected chi connectivity index (χ4v) is 3.65. The van der Waals surface area contributed by atoms with Crippen molar-refractivity contribution in [2.75, 3.05) is 20.8 Å². The highest BCUT2D eigenvalue weighted by Gasteiger charge is 2.44. The van der Waals surface area contributed by atoms with Crippen LogP contribution in [0.3, 0.4) is 0 Å². The van der Waals surface area contributed by atoms with Gasteiger partial charge in [0.25, 0.3) is 0 Å². The van der Waals surface area contributed by atoms with Crippen molar-refractivity contribution < 1.29 is 43.8 Å². The maximum absolute atomic E-state index is 12.8. The molecular weight excluding hydrogens is 436 g/mol. The van der Waals surface area contributed by atoms with Gasteiger partial charge in [-0.3, -0.25) is 4.79 Å². The van der Waals surface area contributed by atoms with Gasteiger partial charge in [-0.05, 0) is 24.3 Å². The van der Waals surface area contributed by atoms with Crippen LogP contribution >= 0.6 is 0 Å². The van der Waals surface area contributed by atoms with Crippen LogP contribution in [-0.2, 0) is 4.74 Å². The Morgan fingerprint density at radius 1 is 0.909 bits per heavy atom. The molecule has 4 rings (SSSR count). The zero-order valence-corrected chi connectivity index (χ0v) is 17.9. The lowest BCUT2D eigenvalue weighted by Gasteiger charge is -2.39. The van der Waals surface area contributed by atoms with Crippen LogP contribution in [0.15, 0.2) is 51.7 Å². The van der Waals surface area contributed by atoms with E-state index in [0.717, 1.165) is 0 Å². The zero-order valence-electron chi connectivity index (χ0n) is 17.9. The summed E-state index contributed by atoms with van der Waals surface area (Å²) in [6, 6.07) is 11.1. The summed E-state index contributed by atoms with van der Waals surface area (Å²) in [6.45, 7) is -0.591. The van der Waals surface area contributed by atoms with Crippen molar-refractivity contribution in [3.05, 3.63) is 52.7 Å². The van der Waals surface area contributed by atoms with Crippen LogP contribution < -0.4 is 19.6 Å². The van der Waals surface area contributed by atoms with E-state index in [9.17, 15) is 25.2 Å². The normalized spacial score (nSPS) is 25.1. The molecule has 1 aliphatic heterocycles. The number of fused-ring (bicyclic) bond motifs is 1. The highest BCUT2D eigenvalue weighted by molar-refractivity contribution is 5.86. The molecule has 4 N–H and O–H groups in total. The average molecular weight is 460 g/mol. The Bertz CT molecular complexity index is 1170. The SMILES string of the molecule is COc1ccc(-c2cc(=O)c3c(OC)cc(OC4OC(CO)C(O)C(O)C4O)cc3o2)cc1. The summed E-state index contributed by atoms with van der Waals surface area (Å²) in [7, 11) is 2.93. The largest absolute Gasteiger partial charge is 0.497 e. The minimum absolute atomic E-state index is 0.110. The van der Waals surface area contributed by atoms with Gasteiger partial charge in [0.1, 0.15) is 58.4 Å². The summed E-state index contributed by atoms with van der Waals surface area (Å²) in [5.41, 5.74) is 0.472. The third-order valence-electron chi connectivity index (χ3n) is 5.46. The van der Waals surface area contributed by atoms with Crippen LogP contribution in [0.2, 0.25) is 0 Å². The monoisotopic (exact) mass is 460 g/mol. The molecule has 1 aromatic heterocycles. The van der Waals surface area contributed by atoms with Crippen molar-refractivity contribution in [2.24, 2.45) is 0 Å². The molecule has 0 bridgehead atoms. The number of aliphatic hydroxyl groups is 4. The van der Waals surface area contributed by atoms with Crippen molar-refractivity contribution in [1.29, 1.82) is 0 Å². The summed E-state index contributed by atoms with van der Waals surface area (Å²) in [4.78, 5) is 12.8. The summed E-state index contributed by atoms with van der Waals surface area (Å²) in [6.07, 6.45) is -7.24. The fraction of sp³-hybridized carbons (Fsp3) is 0.348. The van der Waals surface area contributed by atoms with Crippen LogP contribution in [0.1, 0.15) is 0 Å². The van der Waals surface area contributed by atoms with E-state index < -0.39 is 37.3 Å². The quantitative estimate of drug-likeness (QED) is 0.413. The molecular formula is C23H24O10. The molecule has 10 heteroatoms. The molecule has 10 nitrogen and oxygen atoms in total. The minimum atomic E-state index is -1.60. The van der Waals surface area contributed by atoms with Gasteiger partial charge in [-0.25, -0.2) is 0 Å². The first kappa shape index (κ1) is 23.0. The number of ether oxygens (including phenoxy) is 4. The summed E-state index contributed by atoms with van der Waals surface area (Å²) >= 11 is 0. The zero-order chi connectivity index (χ0) is 23.7. The smallest absolute Gasteiger partial charge is 0.229 e. The van der Waals surface area contributed by atoms with E-state index in [1.54, 1.807) is 31.4 Å². The molecule has 1 saturated heterocycles. The fourth-order valence-electron chi connectivity index (χ4n) is 3.65. The maximum Gasteiger partial charge on any atom is 0.229 e. The van der Waals surface area contributed by atoms with Crippen LogP contribution in [-0.4, -0.2) is 72.0 Å². The van der Waals surface area contributed by atoms with Crippen molar-refractivity contribution >= 4 is 11.0 Å². The number of rotatable bonds is 6. The lowest BCUT2D eigenvalue weighted by molar-refractivity contribution is -0.277. The highest BCUT2D eigenvalue weighted by Crippen LogP contribution is 2.34. The van der Waals surface area contributed by atoms with E-state index in [2.05, 4.69) is 0 Å².